The second-order valence-electron chi connectivity index (χ2n) is 4.24. The number of nitrogens with one attached hydrogen (secondary N) is 1. The van der Waals surface area contributed by atoms with E-state index < -0.39 is 6.17 Å². The van der Waals surface area contributed by atoms with Crippen LogP contribution in [-0.4, -0.2) is 18.1 Å². The van der Waals surface area contributed by atoms with Gasteiger partial charge < -0.3 is 5.32 Å². The normalized spacial score (nSPS) is 23.7. The molecule has 1 aliphatic heterocycles. The monoisotopic (exact) mass is 208 g/mol. The summed E-state index contributed by atoms with van der Waals surface area (Å²) in [4.78, 5) is 4.13. The smallest absolute Gasteiger partial charge is 0.131 e. The van der Waals surface area contributed by atoms with Gasteiger partial charge in [-0.15, -0.1) is 0 Å². The highest BCUT2D eigenvalue weighted by Gasteiger charge is 2.24. The maximum absolute atomic E-state index is 14.1. The summed E-state index contributed by atoms with van der Waals surface area (Å²) >= 11 is 0. The zero-order chi connectivity index (χ0) is 10.7. The van der Waals surface area contributed by atoms with Gasteiger partial charge in [0.15, 0.2) is 0 Å². The molecule has 2 atom stereocenters. The third-order valence-corrected chi connectivity index (χ3v) is 3.00. The van der Waals surface area contributed by atoms with E-state index in [1.165, 1.54) is 0 Å². The SMILES string of the molecule is Cc1ccc(C(F)C2CCCNC2)cn1. The van der Waals surface area contributed by atoms with Gasteiger partial charge in [-0.25, -0.2) is 4.39 Å². The van der Waals surface area contributed by atoms with E-state index >= 15 is 0 Å². The highest BCUT2D eigenvalue weighted by Crippen LogP contribution is 2.30. The first-order valence-electron chi connectivity index (χ1n) is 5.54. The molecular weight excluding hydrogens is 191 g/mol. The molecule has 2 nitrogen and oxygen atoms in total. The molecule has 0 aliphatic carbocycles. The van der Waals surface area contributed by atoms with Crippen LogP contribution in [0.5, 0.6) is 0 Å². The summed E-state index contributed by atoms with van der Waals surface area (Å²) in [6, 6.07) is 3.72. The Kier molecular flexibility index (Phi) is 3.31. The van der Waals surface area contributed by atoms with Crippen LogP contribution in [0.4, 0.5) is 4.39 Å². The number of hydrogen-bond donors (Lipinski definition) is 1. The number of piperidine rings is 1. The number of alkyl halides is 1. The van der Waals surface area contributed by atoms with Crippen LogP contribution in [0.25, 0.3) is 0 Å². The second kappa shape index (κ2) is 4.71. The zero-order valence-corrected chi connectivity index (χ0v) is 9.04. The van der Waals surface area contributed by atoms with E-state index in [4.69, 9.17) is 0 Å². The molecule has 1 aromatic rings. The molecule has 0 saturated carbocycles. The lowest BCUT2D eigenvalue weighted by molar-refractivity contribution is 0.194. The molecule has 1 N–H and O–H groups in total. The molecule has 2 heterocycles. The third kappa shape index (κ3) is 2.53. The number of pyridine rings is 1. The van der Waals surface area contributed by atoms with Crippen molar-refractivity contribution >= 4 is 0 Å². The Morgan fingerprint density at radius 3 is 3.00 bits per heavy atom. The van der Waals surface area contributed by atoms with Crippen LogP contribution in [0.3, 0.4) is 0 Å². The predicted octanol–water partition coefficient (Wildman–Crippen LogP) is 2.40. The van der Waals surface area contributed by atoms with E-state index in [0.29, 0.717) is 5.56 Å². The van der Waals surface area contributed by atoms with Gasteiger partial charge in [0.25, 0.3) is 0 Å². The summed E-state index contributed by atoms with van der Waals surface area (Å²) in [5.41, 5.74) is 1.65. The first-order valence-corrected chi connectivity index (χ1v) is 5.54. The van der Waals surface area contributed by atoms with Crippen LogP contribution in [0.1, 0.15) is 30.3 Å². The molecule has 15 heavy (non-hydrogen) atoms. The topological polar surface area (TPSA) is 24.9 Å². The molecule has 1 saturated heterocycles. The van der Waals surface area contributed by atoms with Gasteiger partial charge in [-0.05, 0) is 32.4 Å². The van der Waals surface area contributed by atoms with Crippen molar-refractivity contribution in [1.29, 1.82) is 0 Å². The molecule has 1 aliphatic rings. The minimum Gasteiger partial charge on any atom is -0.316 e. The molecule has 0 aromatic carbocycles. The zero-order valence-electron chi connectivity index (χ0n) is 9.04. The standard InChI is InChI=1S/C12H17FN2/c1-9-4-5-11(8-15-9)12(13)10-3-2-6-14-7-10/h4-5,8,10,12,14H,2-3,6-7H2,1H3. The van der Waals surface area contributed by atoms with Gasteiger partial charge in [-0.1, -0.05) is 6.07 Å². The van der Waals surface area contributed by atoms with Crippen LogP contribution >= 0.6 is 0 Å². The van der Waals surface area contributed by atoms with Crippen LogP contribution in [0.2, 0.25) is 0 Å². The Bertz CT molecular complexity index is 304. The molecule has 3 heteroatoms. The molecular formula is C12H17FN2. The first-order chi connectivity index (χ1) is 7.27. The Morgan fingerprint density at radius 1 is 1.53 bits per heavy atom. The maximum Gasteiger partial charge on any atom is 0.131 e. The molecule has 0 amide bonds. The number of hydrogen-bond acceptors (Lipinski definition) is 2. The van der Waals surface area contributed by atoms with Gasteiger partial charge in [0, 0.05) is 29.9 Å². The number of nitrogens with zero attached hydrogens (tertiary/aromatic N) is 1. The third-order valence-electron chi connectivity index (χ3n) is 3.00. The highest BCUT2D eigenvalue weighted by molar-refractivity contribution is 5.16. The number of rotatable bonds is 2. The summed E-state index contributed by atoms with van der Waals surface area (Å²) in [5.74, 6) is 0.114. The molecule has 0 bridgehead atoms. The molecule has 1 fully saturated rings. The molecule has 0 radical (unpaired) electrons. The second-order valence-corrected chi connectivity index (χ2v) is 4.24. The van der Waals surface area contributed by atoms with Crippen LogP contribution in [0.15, 0.2) is 18.3 Å². The van der Waals surface area contributed by atoms with Gasteiger partial charge in [0.1, 0.15) is 6.17 Å². The van der Waals surface area contributed by atoms with E-state index in [2.05, 4.69) is 10.3 Å². The molecule has 1 aromatic heterocycles. The van der Waals surface area contributed by atoms with Crippen LogP contribution in [0, 0.1) is 12.8 Å². The fourth-order valence-corrected chi connectivity index (χ4v) is 2.04. The number of aryl methyl sites for hydroxylation is 1. The van der Waals surface area contributed by atoms with Crippen molar-refractivity contribution in [2.24, 2.45) is 5.92 Å². The lowest BCUT2D eigenvalue weighted by Crippen LogP contribution is -2.32. The Balaban J connectivity index is 2.05. The largest absolute Gasteiger partial charge is 0.316 e. The van der Waals surface area contributed by atoms with Gasteiger partial charge in [-0.3, -0.25) is 4.98 Å². The summed E-state index contributed by atoms with van der Waals surface area (Å²) in [6.45, 7) is 3.73. The van der Waals surface area contributed by atoms with E-state index in [0.717, 1.165) is 31.6 Å². The quantitative estimate of drug-likeness (QED) is 0.807. The van der Waals surface area contributed by atoms with Crippen molar-refractivity contribution in [2.45, 2.75) is 25.9 Å². The van der Waals surface area contributed by atoms with Crippen molar-refractivity contribution in [3.05, 3.63) is 29.6 Å². The Labute approximate surface area is 89.9 Å². The summed E-state index contributed by atoms with van der Waals surface area (Å²) in [5, 5.41) is 3.24. The minimum absolute atomic E-state index is 0.114. The fraction of sp³-hybridized carbons (Fsp3) is 0.583. The summed E-state index contributed by atoms with van der Waals surface area (Å²) in [6.07, 6.45) is 2.84. The Hall–Kier alpha value is -0.960. The van der Waals surface area contributed by atoms with Crippen molar-refractivity contribution in [3.8, 4) is 0 Å². The van der Waals surface area contributed by atoms with Crippen molar-refractivity contribution < 1.29 is 4.39 Å². The fourth-order valence-electron chi connectivity index (χ4n) is 2.04. The van der Waals surface area contributed by atoms with Crippen molar-refractivity contribution in [1.82, 2.24) is 10.3 Å². The van der Waals surface area contributed by atoms with Crippen LogP contribution in [-0.2, 0) is 0 Å². The number of aromatic nitrogens is 1. The van der Waals surface area contributed by atoms with E-state index in [-0.39, 0.29) is 5.92 Å². The van der Waals surface area contributed by atoms with E-state index in [1.807, 2.05) is 19.1 Å². The van der Waals surface area contributed by atoms with Gasteiger partial charge in [-0.2, -0.15) is 0 Å². The highest BCUT2D eigenvalue weighted by atomic mass is 19.1. The van der Waals surface area contributed by atoms with Gasteiger partial charge in [0.05, 0.1) is 0 Å². The van der Waals surface area contributed by atoms with Crippen molar-refractivity contribution in [3.63, 3.8) is 0 Å². The summed E-state index contributed by atoms with van der Waals surface area (Å²) in [7, 11) is 0. The average Bonchev–Trinajstić information content (AvgIpc) is 2.30. The van der Waals surface area contributed by atoms with Gasteiger partial charge >= 0.3 is 0 Å². The van der Waals surface area contributed by atoms with Crippen LogP contribution < -0.4 is 5.32 Å². The Morgan fingerprint density at radius 2 is 2.40 bits per heavy atom. The van der Waals surface area contributed by atoms with E-state index in [1.54, 1.807) is 6.20 Å². The molecule has 2 unspecified atom stereocenters. The number of halogens is 1. The van der Waals surface area contributed by atoms with E-state index in [9.17, 15) is 4.39 Å². The maximum atomic E-state index is 14.1. The van der Waals surface area contributed by atoms with Gasteiger partial charge in [0.2, 0.25) is 0 Å². The first kappa shape index (κ1) is 10.6. The molecule has 2 rings (SSSR count). The lowest BCUT2D eigenvalue weighted by atomic mass is 9.91. The molecule has 0 spiro atoms. The van der Waals surface area contributed by atoms with Crippen molar-refractivity contribution in [2.75, 3.05) is 13.1 Å². The predicted molar refractivity (Wildman–Crippen MR) is 58.4 cm³/mol. The molecule has 82 valence electrons. The summed E-state index contributed by atoms with van der Waals surface area (Å²) < 4.78 is 14.1. The average molecular weight is 208 g/mol. The minimum atomic E-state index is -0.870. The lowest BCUT2D eigenvalue weighted by Gasteiger charge is -2.25.